The fourth-order valence-corrected chi connectivity index (χ4v) is 5.71. The van der Waals surface area contributed by atoms with E-state index >= 15 is 0 Å². The second kappa shape index (κ2) is 11.9. The summed E-state index contributed by atoms with van der Waals surface area (Å²) in [6.45, 7) is 5.62. The van der Waals surface area contributed by atoms with Crippen LogP contribution in [0.15, 0.2) is 83.3 Å². The number of anilines is 1. The molecule has 0 amide bonds. The standard InChI is InChI=1S/C32H31N3O4S/c1-20-9-10-21(2)26(15-20)25-8-6-4-5-7-24(25)17-35-18-27(31(37)38)29(36)28-30(35)40-32(34-28)33-16-22-11-13-23(14-12-22)19-39-3/h5-15,18H,4,16-17,19H2,1-3H3,(H,33,34)(H,37,38). The number of hydrogen-bond acceptors (Lipinski definition) is 6. The monoisotopic (exact) mass is 553 g/mol. The first-order valence-electron chi connectivity index (χ1n) is 13.1. The average Bonchev–Trinajstić information content (AvgIpc) is 3.25. The molecular formula is C32H31N3O4S. The van der Waals surface area contributed by atoms with Gasteiger partial charge in [-0.05, 0) is 53.7 Å². The molecule has 2 aromatic carbocycles. The number of aryl methyl sites for hydroxylation is 2. The van der Waals surface area contributed by atoms with Crippen LogP contribution in [-0.4, -0.2) is 27.7 Å². The number of aromatic carboxylic acids is 1. The number of pyridine rings is 1. The maximum absolute atomic E-state index is 13.1. The second-order valence-electron chi connectivity index (χ2n) is 9.88. The van der Waals surface area contributed by atoms with Crippen LogP contribution in [0.3, 0.4) is 0 Å². The molecule has 5 rings (SSSR count). The number of nitrogens with zero attached hydrogens (tertiary/aromatic N) is 2. The lowest BCUT2D eigenvalue weighted by Crippen LogP contribution is -2.19. The third kappa shape index (κ3) is 5.83. The molecule has 8 heteroatoms. The quantitative estimate of drug-likeness (QED) is 0.246. The van der Waals surface area contributed by atoms with Crippen LogP contribution in [0.1, 0.15) is 44.6 Å². The number of carboxylic acid groups (broad SMARTS) is 1. The van der Waals surface area contributed by atoms with E-state index in [1.165, 1.54) is 23.1 Å². The Labute approximate surface area is 236 Å². The molecule has 0 unspecified atom stereocenters. The number of carboxylic acids is 1. The first-order chi connectivity index (χ1) is 19.3. The number of fused-ring (bicyclic) bond motifs is 1. The van der Waals surface area contributed by atoms with Crippen molar-refractivity contribution in [1.29, 1.82) is 0 Å². The van der Waals surface area contributed by atoms with Crippen molar-refractivity contribution in [3.8, 4) is 0 Å². The summed E-state index contributed by atoms with van der Waals surface area (Å²) in [7, 11) is 1.67. The summed E-state index contributed by atoms with van der Waals surface area (Å²) < 4.78 is 7.01. The molecular weight excluding hydrogens is 522 g/mol. The molecule has 1 aliphatic carbocycles. The van der Waals surface area contributed by atoms with Crippen molar-refractivity contribution in [2.45, 2.75) is 40.0 Å². The Hall–Kier alpha value is -4.27. The van der Waals surface area contributed by atoms with E-state index in [-0.39, 0.29) is 11.1 Å². The molecule has 1 aliphatic rings. The van der Waals surface area contributed by atoms with Crippen LogP contribution in [0.5, 0.6) is 0 Å². The fourth-order valence-electron chi connectivity index (χ4n) is 4.78. The van der Waals surface area contributed by atoms with Crippen molar-refractivity contribution >= 4 is 38.4 Å². The molecule has 4 aromatic rings. The fraction of sp³-hybridized carbons (Fsp3) is 0.219. The van der Waals surface area contributed by atoms with E-state index in [9.17, 15) is 14.7 Å². The SMILES string of the molecule is COCc1ccc(CNc2nc3c(=O)c(C(=O)O)cn(CC4=C(c5cc(C)ccc5C)C=CCC=C4)c3s2)cc1. The van der Waals surface area contributed by atoms with Crippen molar-refractivity contribution in [3.05, 3.63) is 122 Å². The zero-order valence-electron chi connectivity index (χ0n) is 22.7. The summed E-state index contributed by atoms with van der Waals surface area (Å²) in [5.74, 6) is -1.26. The van der Waals surface area contributed by atoms with E-state index < -0.39 is 11.4 Å². The molecule has 204 valence electrons. The Morgan fingerprint density at radius 1 is 1.10 bits per heavy atom. The number of carbonyl (C=O) groups is 1. The predicted molar refractivity (Wildman–Crippen MR) is 161 cm³/mol. The highest BCUT2D eigenvalue weighted by Crippen LogP contribution is 2.31. The number of aromatic nitrogens is 2. The van der Waals surface area contributed by atoms with Gasteiger partial charge in [-0.15, -0.1) is 0 Å². The topological polar surface area (TPSA) is 93.4 Å². The van der Waals surface area contributed by atoms with E-state index in [1.807, 2.05) is 28.8 Å². The molecule has 0 fully saturated rings. The highest BCUT2D eigenvalue weighted by Gasteiger charge is 2.20. The maximum Gasteiger partial charge on any atom is 0.341 e. The van der Waals surface area contributed by atoms with Gasteiger partial charge in [0.25, 0.3) is 0 Å². The van der Waals surface area contributed by atoms with Gasteiger partial charge in [0.1, 0.15) is 15.9 Å². The number of ether oxygens (including phenoxy) is 1. The van der Waals surface area contributed by atoms with E-state index in [0.717, 1.165) is 39.8 Å². The van der Waals surface area contributed by atoms with Gasteiger partial charge in [0.15, 0.2) is 5.13 Å². The lowest BCUT2D eigenvalue weighted by molar-refractivity contribution is 0.0695. The number of benzene rings is 2. The molecule has 7 nitrogen and oxygen atoms in total. The summed E-state index contributed by atoms with van der Waals surface area (Å²) in [5.41, 5.74) is 7.00. The average molecular weight is 554 g/mol. The van der Waals surface area contributed by atoms with Crippen LogP contribution in [0.2, 0.25) is 0 Å². The zero-order valence-corrected chi connectivity index (χ0v) is 23.5. The van der Waals surface area contributed by atoms with E-state index in [2.05, 4.69) is 66.7 Å². The highest BCUT2D eigenvalue weighted by atomic mass is 32.1. The molecule has 2 aromatic heterocycles. The number of rotatable bonds is 9. The van der Waals surface area contributed by atoms with Gasteiger partial charge in [-0.2, -0.15) is 0 Å². The molecule has 0 aliphatic heterocycles. The summed E-state index contributed by atoms with van der Waals surface area (Å²) in [6, 6.07) is 14.4. The molecule has 2 heterocycles. The van der Waals surface area contributed by atoms with Gasteiger partial charge in [-0.25, -0.2) is 9.78 Å². The third-order valence-corrected chi connectivity index (χ3v) is 7.92. The van der Waals surface area contributed by atoms with Gasteiger partial charge < -0.3 is 19.7 Å². The van der Waals surface area contributed by atoms with E-state index in [0.29, 0.717) is 29.7 Å². The molecule has 40 heavy (non-hydrogen) atoms. The minimum atomic E-state index is -1.26. The predicted octanol–water partition coefficient (Wildman–Crippen LogP) is 6.50. The van der Waals surface area contributed by atoms with Gasteiger partial charge in [-0.3, -0.25) is 4.79 Å². The number of nitrogens with one attached hydrogen (secondary N) is 1. The molecule has 2 N–H and O–H groups in total. The molecule has 0 atom stereocenters. The van der Waals surface area contributed by atoms with Gasteiger partial charge in [0.2, 0.25) is 5.43 Å². The minimum Gasteiger partial charge on any atom is -0.477 e. The number of allylic oxidation sites excluding steroid dienone is 6. The van der Waals surface area contributed by atoms with Gasteiger partial charge in [0.05, 0.1) is 6.61 Å². The van der Waals surface area contributed by atoms with Crippen molar-refractivity contribution in [3.63, 3.8) is 0 Å². The molecule has 0 bridgehead atoms. The van der Waals surface area contributed by atoms with E-state index in [4.69, 9.17) is 4.74 Å². The maximum atomic E-state index is 13.1. The van der Waals surface area contributed by atoms with Crippen molar-refractivity contribution in [2.24, 2.45) is 0 Å². The van der Waals surface area contributed by atoms with Gasteiger partial charge in [-0.1, -0.05) is 83.7 Å². The number of methoxy groups -OCH3 is 1. The van der Waals surface area contributed by atoms with Crippen LogP contribution >= 0.6 is 11.3 Å². The van der Waals surface area contributed by atoms with Crippen molar-refractivity contribution < 1.29 is 14.6 Å². The van der Waals surface area contributed by atoms with Crippen LogP contribution in [0.4, 0.5) is 5.13 Å². The Balaban J connectivity index is 1.54. The molecule has 0 saturated heterocycles. The Kier molecular flexibility index (Phi) is 8.09. The van der Waals surface area contributed by atoms with Crippen LogP contribution < -0.4 is 10.7 Å². The first-order valence-corrected chi connectivity index (χ1v) is 13.9. The Morgan fingerprint density at radius 2 is 1.85 bits per heavy atom. The number of thiazole rings is 1. The third-order valence-electron chi connectivity index (χ3n) is 6.87. The van der Waals surface area contributed by atoms with Crippen LogP contribution in [-0.2, 0) is 24.4 Å². The zero-order chi connectivity index (χ0) is 28.2. The van der Waals surface area contributed by atoms with Crippen LogP contribution in [0.25, 0.3) is 15.9 Å². The molecule has 0 spiro atoms. The normalized spacial score (nSPS) is 13.2. The highest BCUT2D eigenvalue weighted by molar-refractivity contribution is 7.21. The van der Waals surface area contributed by atoms with Crippen molar-refractivity contribution in [2.75, 3.05) is 12.4 Å². The van der Waals surface area contributed by atoms with Gasteiger partial charge in [0, 0.05) is 26.4 Å². The summed E-state index contributed by atoms with van der Waals surface area (Å²) in [5, 5.41) is 13.7. The smallest absolute Gasteiger partial charge is 0.341 e. The second-order valence-corrected chi connectivity index (χ2v) is 10.9. The lowest BCUT2D eigenvalue weighted by Gasteiger charge is -2.15. The Morgan fingerprint density at radius 3 is 2.60 bits per heavy atom. The van der Waals surface area contributed by atoms with E-state index in [1.54, 1.807) is 7.11 Å². The first kappa shape index (κ1) is 27.3. The summed E-state index contributed by atoms with van der Waals surface area (Å²) >= 11 is 1.35. The number of hydrogen-bond donors (Lipinski definition) is 2. The van der Waals surface area contributed by atoms with Crippen LogP contribution in [0, 0.1) is 13.8 Å². The summed E-state index contributed by atoms with van der Waals surface area (Å²) in [6.07, 6.45) is 10.7. The lowest BCUT2D eigenvalue weighted by atomic mass is 9.94. The minimum absolute atomic E-state index is 0.157. The largest absolute Gasteiger partial charge is 0.477 e. The molecule has 0 radical (unpaired) electrons. The summed E-state index contributed by atoms with van der Waals surface area (Å²) in [4.78, 5) is 30.3. The Bertz CT molecular complexity index is 1730. The molecule has 0 saturated carbocycles. The van der Waals surface area contributed by atoms with Crippen molar-refractivity contribution in [1.82, 2.24) is 9.55 Å². The van der Waals surface area contributed by atoms with Gasteiger partial charge >= 0.3 is 5.97 Å².